The van der Waals surface area contributed by atoms with Crippen LogP contribution in [0.5, 0.6) is 0 Å². The topological polar surface area (TPSA) is 26.0 Å². The summed E-state index contributed by atoms with van der Waals surface area (Å²) in [6, 6.07) is 1.55. The van der Waals surface area contributed by atoms with Gasteiger partial charge >= 0.3 is 0 Å². The lowest BCUT2D eigenvalue weighted by atomic mass is 9.90. The molecule has 1 saturated heterocycles. The van der Waals surface area contributed by atoms with Crippen molar-refractivity contribution >= 4 is 11.8 Å². The Morgan fingerprint density at radius 3 is 2.59 bits per heavy atom. The highest BCUT2D eigenvalue weighted by Crippen LogP contribution is 2.46. The first-order valence-corrected chi connectivity index (χ1v) is 6.47. The van der Waals surface area contributed by atoms with Gasteiger partial charge in [-0.3, -0.25) is 0 Å². The maximum absolute atomic E-state index is 13.6. The van der Waals surface area contributed by atoms with E-state index in [4.69, 9.17) is 5.73 Å². The van der Waals surface area contributed by atoms with Gasteiger partial charge in [0.1, 0.15) is 0 Å². The second-order valence-corrected chi connectivity index (χ2v) is 6.14. The number of rotatable bonds is 2. The fourth-order valence-corrected chi connectivity index (χ4v) is 3.51. The largest absolute Gasteiger partial charge is 0.323 e. The standard InChI is InChI=1S/C12H14F3NS/c1-12(5-2-6-17-12)11(16)7-3-4-8(13)10(15)9(7)14/h3-4,11H,2,5-6,16H2,1H3. The van der Waals surface area contributed by atoms with Gasteiger partial charge in [0.05, 0.1) is 0 Å². The average Bonchev–Trinajstić information content (AvgIpc) is 2.74. The zero-order chi connectivity index (χ0) is 12.6. The van der Waals surface area contributed by atoms with Crippen LogP contribution in [-0.2, 0) is 0 Å². The average molecular weight is 261 g/mol. The normalized spacial score (nSPS) is 26.2. The number of halogens is 3. The maximum Gasteiger partial charge on any atom is 0.194 e. The zero-order valence-electron chi connectivity index (χ0n) is 9.47. The first-order valence-electron chi connectivity index (χ1n) is 5.48. The second kappa shape index (κ2) is 4.53. The van der Waals surface area contributed by atoms with Crippen molar-refractivity contribution in [3.63, 3.8) is 0 Å². The highest BCUT2D eigenvalue weighted by Gasteiger charge is 2.38. The van der Waals surface area contributed by atoms with Crippen LogP contribution in [0.1, 0.15) is 31.4 Å². The van der Waals surface area contributed by atoms with Crippen LogP contribution >= 0.6 is 11.8 Å². The monoisotopic (exact) mass is 261 g/mol. The van der Waals surface area contributed by atoms with Gasteiger partial charge in [0.25, 0.3) is 0 Å². The van der Waals surface area contributed by atoms with E-state index in [-0.39, 0.29) is 10.3 Å². The molecule has 0 spiro atoms. The van der Waals surface area contributed by atoms with Crippen molar-refractivity contribution in [1.82, 2.24) is 0 Å². The van der Waals surface area contributed by atoms with E-state index in [1.54, 1.807) is 11.8 Å². The van der Waals surface area contributed by atoms with Crippen LogP contribution in [0.2, 0.25) is 0 Å². The van der Waals surface area contributed by atoms with Gasteiger partial charge in [-0.25, -0.2) is 13.2 Å². The van der Waals surface area contributed by atoms with Gasteiger partial charge < -0.3 is 5.73 Å². The molecule has 5 heteroatoms. The van der Waals surface area contributed by atoms with Gasteiger partial charge in [-0.2, -0.15) is 11.8 Å². The summed E-state index contributed by atoms with van der Waals surface area (Å²) in [4.78, 5) is 0. The van der Waals surface area contributed by atoms with Crippen LogP contribution in [0.15, 0.2) is 12.1 Å². The molecule has 1 aromatic carbocycles. The van der Waals surface area contributed by atoms with Gasteiger partial charge in [0.2, 0.25) is 0 Å². The minimum Gasteiger partial charge on any atom is -0.323 e. The van der Waals surface area contributed by atoms with Crippen molar-refractivity contribution < 1.29 is 13.2 Å². The summed E-state index contributed by atoms with van der Waals surface area (Å²) in [6.45, 7) is 1.94. The van der Waals surface area contributed by atoms with Crippen molar-refractivity contribution in [1.29, 1.82) is 0 Å². The Balaban J connectivity index is 2.37. The summed E-state index contributed by atoms with van der Waals surface area (Å²) < 4.78 is 39.3. The molecule has 0 amide bonds. The number of benzene rings is 1. The van der Waals surface area contributed by atoms with Crippen LogP contribution in [-0.4, -0.2) is 10.5 Å². The predicted molar refractivity (Wildman–Crippen MR) is 63.3 cm³/mol. The molecule has 1 heterocycles. The first kappa shape index (κ1) is 12.8. The maximum atomic E-state index is 13.6. The molecule has 1 aliphatic rings. The summed E-state index contributed by atoms with van der Waals surface area (Å²) in [7, 11) is 0. The van der Waals surface area contributed by atoms with Crippen molar-refractivity contribution in [2.45, 2.75) is 30.6 Å². The summed E-state index contributed by atoms with van der Waals surface area (Å²) in [5, 5.41) is 0. The quantitative estimate of drug-likeness (QED) is 0.826. The molecule has 2 unspecified atom stereocenters. The predicted octanol–water partition coefficient (Wildman–Crippen LogP) is 3.39. The number of nitrogens with two attached hydrogens (primary N) is 1. The molecule has 1 aliphatic heterocycles. The third-order valence-electron chi connectivity index (χ3n) is 3.31. The number of hydrogen-bond donors (Lipinski definition) is 1. The Labute approximate surface area is 103 Å². The Kier molecular flexibility index (Phi) is 3.41. The lowest BCUT2D eigenvalue weighted by molar-refractivity contribution is 0.420. The molecule has 17 heavy (non-hydrogen) atoms. The van der Waals surface area contributed by atoms with Crippen molar-refractivity contribution in [3.05, 3.63) is 35.1 Å². The fraction of sp³-hybridized carbons (Fsp3) is 0.500. The highest BCUT2D eigenvalue weighted by atomic mass is 32.2. The van der Waals surface area contributed by atoms with Crippen LogP contribution in [0.25, 0.3) is 0 Å². The van der Waals surface area contributed by atoms with Crippen molar-refractivity contribution in [2.75, 3.05) is 5.75 Å². The molecule has 1 aromatic rings. The van der Waals surface area contributed by atoms with Crippen LogP contribution in [0.3, 0.4) is 0 Å². The van der Waals surface area contributed by atoms with Gasteiger partial charge in [0.15, 0.2) is 17.5 Å². The Morgan fingerprint density at radius 2 is 2.00 bits per heavy atom. The van der Waals surface area contributed by atoms with Crippen molar-refractivity contribution in [3.8, 4) is 0 Å². The molecule has 0 aromatic heterocycles. The molecule has 94 valence electrons. The van der Waals surface area contributed by atoms with Crippen LogP contribution in [0, 0.1) is 17.5 Å². The lowest BCUT2D eigenvalue weighted by Gasteiger charge is -2.30. The summed E-state index contributed by atoms with van der Waals surface area (Å²) >= 11 is 1.66. The number of thioether (sulfide) groups is 1. The van der Waals surface area contributed by atoms with E-state index >= 15 is 0 Å². The molecular weight excluding hydrogens is 247 g/mol. The molecule has 1 fully saturated rings. The van der Waals surface area contributed by atoms with Crippen LogP contribution < -0.4 is 5.73 Å². The Bertz CT molecular complexity index is 430. The van der Waals surface area contributed by atoms with E-state index in [2.05, 4.69) is 0 Å². The SMILES string of the molecule is CC1(C(N)c2ccc(F)c(F)c2F)CCCS1. The smallest absolute Gasteiger partial charge is 0.194 e. The molecule has 2 atom stereocenters. The molecule has 0 bridgehead atoms. The third kappa shape index (κ3) is 2.18. The van der Waals surface area contributed by atoms with E-state index in [9.17, 15) is 13.2 Å². The van der Waals surface area contributed by atoms with Gasteiger partial charge in [-0.05, 0) is 31.6 Å². The molecular formula is C12H14F3NS. The molecule has 2 N–H and O–H groups in total. The Morgan fingerprint density at radius 1 is 1.29 bits per heavy atom. The van der Waals surface area contributed by atoms with E-state index in [0.29, 0.717) is 0 Å². The molecule has 1 nitrogen and oxygen atoms in total. The van der Waals surface area contributed by atoms with E-state index in [0.717, 1.165) is 24.7 Å². The van der Waals surface area contributed by atoms with Gasteiger partial charge in [-0.15, -0.1) is 0 Å². The molecule has 2 rings (SSSR count). The summed E-state index contributed by atoms with van der Waals surface area (Å²) in [5.74, 6) is -2.81. The zero-order valence-corrected chi connectivity index (χ0v) is 10.3. The second-order valence-electron chi connectivity index (χ2n) is 4.51. The van der Waals surface area contributed by atoms with Crippen molar-refractivity contribution in [2.24, 2.45) is 5.73 Å². The van der Waals surface area contributed by atoms with Crippen LogP contribution in [0.4, 0.5) is 13.2 Å². The summed E-state index contributed by atoms with van der Waals surface area (Å²) in [6.07, 6.45) is 1.87. The number of hydrogen-bond acceptors (Lipinski definition) is 2. The van der Waals surface area contributed by atoms with Gasteiger partial charge in [0, 0.05) is 16.4 Å². The third-order valence-corrected chi connectivity index (χ3v) is 4.92. The molecule has 0 aliphatic carbocycles. The van der Waals surface area contributed by atoms with E-state index in [1.165, 1.54) is 6.07 Å². The minimum atomic E-state index is -1.44. The first-order chi connectivity index (χ1) is 7.96. The highest BCUT2D eigenvalue weighted by molar-refractivity contribution is 8.00. The Hall–Kier alpha value is -0.680. The minimum absolute atomic E-state index is 0.0563. The van der Waals surface area contributed by atoms with E-state index in [1.807, 2.05) is 6.92 Å². The fourth-order valence-electron chi connectivity index (χ4n) is 2.16. The van der Waals surface area contributed by atoms with E-state index < -0.39 is 23.5 Å². The van der Waals surface area contributed by atoms with Gasteiger partial charge in [-0.1, -0.05) is 6.07 Å². The summed E-state index contributed by atoms with van der Waals surface area (Å²) in [5.41, 5.74) is 6.06. The lowest BCUT2D eigenvalue weighted by Crippen LogP contribution is -2.34. The molecule has 0 radical (unpaired) electrons. The molecule has 0 saturated carbocycles.